The Labute approximate surface area is 111 Å². The van der Waals surface area contributed by atoms with E-state index in [9.17, 15) is 0 Å². The minimum Gasteiger partial charge on any atom is -0.546 e. The van der Waals surface area contributed by atoms with Crippen LogP contribution in [-0.2, 0) is 0 Å². The average Bonchev–Trinajstić information content (AvgIpc) is 2.84. The molecule has 1 saturated heterocycles. The van der Waals surface area contributed by atoms with Gasteiger partial charge in [-0.05, 0) is 45.0 Å². The van der Waals surface area contributed by atoms with Crippen molar-refractivity contribution in [1.82, 2.24) is 4.90 Å². The zero-order chi connectivity index (χ0) is 13.0. The van der Waals surface area contributed by atoms with Crippen LogP contribution < -0.4 is 4.43 Å². The minimum atomic E-state index is -1.08. The zero-order valence-corrected chi connectivity index (χ0v) is 12.7. The molecule has 1 heterocycles. The summed E-state index contributed by atoms with van der Waals surface area (Å²) in [6.07, 6.45) is 2.56. The van der Waals surface area contributed by atoms with Gasteiger partial charge in [-0.15, -0.1) is 0 Å². The fraction of sp³-hybridized carbons (Fsp3) is 0.500. The molecule has 0 aromatic heterocycles. The lowest BCUT2D eigenvalue weighted by atomic mass is 10.3. The van der Waals surface area contributed by atoms with E-state index in [4.69, 9.17) is 9.42 Å². The van der Waals surface area contributed by atoms with Crippen LogP contribution in [0.3, 0.4) is 0 Å². The van der Waals surface area contributed by atoms with Crippen LogP contribution >= 0.6 is 0 Å². The molecule has 1 aromatic rings. The molecule has 0 atom stereocenters. The maximum Gasteiger partial charge on any atom is 0.229 e. The van der Waals surface area contributed by atoms with Gasteiger partial charge in [-0.2, -0.15) is 0 Å². The highest BCUT2D eigenvalue weighted by Crippen LogP contribution is 2.28. The summed E-state index contributed by atoms with van der Waals surface area (Å²) in [5.41, 5.74) is 0.961. The number of amidine groups is 1. The Morgan fingerprint density at radius 2 is 1.89 bits per heavy atom. The Bertz CT molecular complexity index is 426. The fourth-order valence-corrected chi connectivity index (χ4v) is 2.90. The van der Waals surface area contributed by atoms with Gasteiger partial charge >= 0.3 is 0 Å². The maximum atomic E-state index is 5.92. The van der Waals surface area contributed by atoms with Gasteiger partial charge in [-0.25, -0.2) is 4.99 Å². The smallest absolute Gasteiger partial charge is 0.229 e. The second kappa shape index (κ2) is 6.04. The second-order valence-corrected chi connectivity index (χ2v) is 7.32. The summed E-state index contributed by atoms with van der Waals surface area (Å²) in [5, 5.41) is 0. The van der Waals surface area contributed by atoms with E-state index in [0.29, 0.717) is 0 Å². The highest BCUT2D eigenvalue weighted by Gasteiger charge is 2.13. The topological polar surface area (TPSA) is 24.8 Å². The fourth-order valence-electron chi connectivity index (χ4n) is 2.19. The number of hydrogen-bond donors (Lipinski definition) is 0. The summed E-state index contributed by atoms with van der Waals surface area (Å²) in [5.74, 6) is 2.03. The lowest BCUT2D eigenvalue weighted by Gasteiger charge is -2.18. The Morgan fingerprint density at radius 1 is 1.22 bits per heavy atom. The molecule has 3 nitrogen and oxygen atoms in total. The monoisotopic (exact) mass is 262 g/mol. The summed E-state index contributed by atoms with van der Waals surface area (Å²) in [6.45, 7) is 8.71. The maximum absolute atomic E-state index is 5.92. The predicted octanol–water partition coefficient (Wildman–Crippen LogP) is 3.19. The molecule has 18 heavy (non-hydrogen) atoms. The number of likely N-dealkylation sites (tertiary alicyclic amines) is 1. The third-order valence-electron chi connectivity index (χ3n) is 3.07. The molecular weight excluding hydrogens is 240 g/mol. The molecule has 98 valence electrons. The van der Waals surface area contributed by atoms with E-state index in [1.165, 1.54) is 12.8 Å². The highest BCUT2D eigenvalue weighted by atomic mass is 28.3. The van der Waals surface area contributed by atoms with Crippen molar-refractivity contribution in [3.05, 3.63) is 24.3 Å². The van der Waals surface area contributed by atoms with E-state index in [1.54, 1.807) is 0 Å². The summed E-state index contributed by atoms with van der Waals surface area (Å²) in [6, 6.07) is 8.08. The molecule has 1 fully saturated rings. The number of benzene rings is 1. The van der Waals surface area contributed by atoms with Gasteiger partial charge < -0.3 is 9.33 Å². The minimum absolute atomic E-state index is 0.928. The number of nitrogens with zero attached hydrogens (tertiary/aromatic N) is 2. The van der Waals surface area contributed by atoms with Crippen LogP contribution in [0.15, 0.2) is 29.3 Å². The van der Waals surface area contributed by atoms with Crippen LogP contribution in [0.5, 0.6) is 5.75 Å². The Hall–Kier alpha value is -1.29. The van der Waals surface area contributed by atoms with E-state index >= 15 is 0 Å². The molecule has 0 aliphatic carbocycles. The van der Waals surface area contributed by atoms with Gasteiger partial charge in [-0.3, -0.25) is 0 Å². The standard InChI is InChI=1S/C14H22N2OSi/c1-12(16-10-6-7-11-16)15-13-8-4-5-9-14(13)17-18(2)3/h4-5,8-9,18H,6-7,10-11H2,1-3H3. The SMILES string of the molecule is CC(=Nc1ccccc1O[SiH](C)C)N1CCCC1. The van der Waals surface area contributed by atoms with Crippen LogP contribution in [0.2, 0.25) is 13.1 Å². The van der Waals surface area contributed by atoms with Gasteiger partial charge in [0.25, 0.3) is 0 Å². The van der Waals surface area contributed by atoms with Gasteiger partial charge in [-0.1, -0.05) is 12.1 Å². The van der Waals surface area contributed by atoms with E-state index < -0.39 is 9.04 Å². The van der Waals surface area contributed by atoms with Gasteiger partial charge in [0.1, 0.15) is 17.3 Å². The van der Waals surface area contributed by atoms with Crippen molar-refractivity contribution < 1.29 is 4.43 Å². The first-order chi connectivity index (χ1) is 8.66. The molecule has 0 radical (unpaired) electrons. The molecule has 2 rings (SSSR count). The molecular formula is C14H22N2OSi. The van der Waals surface area contributed by atoms with Gasteiger partial charge in [0.15, 0.2) is 0 Å². The van der Waals surface area contributed by atoms with Gasteiger partial charge in [0, 0.05) is 13.1 Å². The Kier molecular flexibility index (Phi) is 4.41. The number of aliphatic imine (C=N–C) groups is 1. The quantitative estimate of drug-likeness (QED) is 0.475. The summed E-state index contributed by atoms with van der Waals surface area (Å²) in [4.78, 5) is 7.08. The van der Waals surface area contributed by atoms with Crippen LogP contribution in [-0.4, -0.2) is 32.9 Å². The Balaban J connectivity index is 2.19. The van der Waals surface area contributed by atoms with E-state index in [2.05, 4.69) is 24.9 Å². The molecule has 0 spiro atoms. The normalized spacial score (nSPS) is 16.4. The lowest BCUT2D eigenvalue weighted by Crippen LogP contribution is -2.24. The van der Waals surface area contributed by atoms with Gasteiger partial charge in [0.05, 0.1) is 0 Å². The van der Waals surface area contributed by atoms with E-state index in [0.717, 1.165) is 30.4 Å². The first kappa shape index (κ1) is 13.1. The summed E-state index contributed by atoms with van der Waals surface area (Å²) >= 11 is 0. The molecule has 0 N–H and O–H groups in total. The molecule has 0 bridgehead atoms. The first-order valence-electron chi connectivity index (χ1n) is 6.73. The second-order valence-electron chi connectivity index (χ2n) is 4.99. The van der Waals surface area contributed by atoms with Crippen molar-refractivity contribution in [2.24, 2.45) is 4.99 Å². The molecule has 0 amide bonds. The molecule has 1 aromatic carbocycles. The third-order valence-corrected chi connectivity index (χ3v) is 3.80. The molecule has 1 aliphatic rings. The molecule has 4 heteroatoms. The Morgan fingerprint density at radius 3 is 2.56 bits per heavy atom. The molecule has 0 unspecified atom stereocenters. The zero-order valence-electron chi connectivity index (χ0n) is 11.5. The van der Waals surface area contributed by atoms with Crippen LogP contribution in [0.4, 0.5) is 5.69 Å². The lowest BCUT2D eigenvalue weighted by molar-refractivity contribution is 0.516. The summed E-state index contributed by atoms with van der Waals surface area (Å²) < 4.78 is 5.92. The number of hydrogen-bond acceptors (Lipinski definition) is 2. The van der Waals surface area contributed by atoms with E-state index in [1.807, 2.05) is 24.3 Å². The molecule has 1 aliphatic heterocycles. The van der Waals surface area contributed by atoms with Crippen molar-refractivity contribution in [2.45, 2.75) is 32.9 Å². The van der Waals surface area contributed by atoms with Gasteiger partial charge in [0.2, 0.25) is 9.04 Å². The predicted molar refractivity (Wildman–Crippen MR) is 79.5 cm³/mol. The number of para-hydroxylation sites is 2. The van der Waals surface area contributed by atoms with Crippen molar-refractivity contribution in [1.29, 1.82) is 0 Å². The largest absolute Gasteiger partial charge is 0.546 e. The molecule has 0 saturated carbocycles. The highest BCUT2D eigenvalue weighted by molar-refractivity contribution is 6.49. The van der Waals surface area contributed by atoms with E-state index in [-0.39, 0.29) is 0 Å². The van der Waals surface area contributed by atoms with Crippen LogP contribution in [0.1, 0.15) is 19.8 Å². The van der Waals surface area contributed by atoms with Crippen molar-refractivity contribution in [3.63, 3.8) is 0 Å². The average molecular weight is 262 g/mol. The number of rotatable bonds is 3. The first-order valence-corrected chi connectivity index (χ1v) is 9.51. The summed E-state index contributed by atoms with van der Waals surface area (Å²) in [7, 11) is -1.08. The van der Waals surface area contributed by atoms with Crippen LogP contribution in [0.25, 0.3) is 0 Å². The van der Waals surface area contributed by atoms with Crippen LogP contribution in [0, 0.1) is 0 Å². The van der Waals surface area contributed by atoms with Crippen molar-refractivity contribution in [3.8, 4) is 5.75 Å². The van der Waals surface area contributed by atoms with Crippen molar-refractivity contribution >= 4 is 20.6 Å². The third kappa shape index (κ3) is 3.35. The van der Waals surface area contributed by atoms with Crippen molar-refractivity contribution in [2.75, 3.05) is 13.1 Å².